The quantitative estimate of drug-likeness (QED) is 0.175. The third-order valence-electron chi connectivity index (χ3n) is 14.1. The van der Waals surface area contributed by atoms with Gasteiger partial charge in [-0.2, -0.15) is 0 Å². The second-order valence-corrected chi connectivity index (χ2v) is 22.4. The SMILES string of the molecule is Fc1ccc2c(c1)N(c1ccc3sc4ccccc4c3c1)/C(=C1\N(c3ccc4sc5ccccc5c4c3)c3ccc(F)cc3N1c1cc3c(cn1)sc1ccccc13)N2c1cc2c(cn1)sc1ccccc12. The number of halogens is 2. The average Bonchev–Trinajstić information content (AvgIpc) is 4.27. The summed E-state index contributed by atoms with van der Waals surface area (Å²) in [5, 5.41) is 8.86. The van der Waals surface area contributed by atoms with E-state index >= 15 is 8.78 Å². The number of benzene rings is 8. The van der Waals surface area contributed by atoms with Gasteiger partial charge in [0, 0.05) is 107 Å². The van der Waals surface area contributed by atoms with E-state index in [1.807, 2.05) is 24.5 Å². The van der Waals surface area contributed by atoms with Gasteiger partial charge in [-0.3, -0.25) is 19.6 Å². The zero-order valence-electron chi connectivity index (χ0n) is 37.5. The molecule has 0 saturated carbocycles. The Hall–Kier alpha value is -8.26. The van der Waals surface area contributed by atoms with Crippen molar-refractivity contribution in [3.63, 3.8) is 0 Å². The number of hydrogen-bond donors (Lipinski definition) is 0. The van der Waals surface area contributed by atoms with Gasteiger partial charge in [-0.15, -0.1) is 45.3 Å². The lowest BCUT2D eigenvalue weighted by atomic mass is 10.1. The molecule has 0 fully saturated rings. The van der Waals surface area contributed by atoms with E-state index in [2.05, 4.69) is 165 Å². The summed E-state index contributed by atoms with van der Waals surface area (Å²) >= 11 is 6.92. The second kappa shape index (κ2) is 15.1. The average molecular weight is 1000 g/mol. The molecule has 0 bridgehead atoms. The summed E-state index contributed by atoms with van der Waals surface area (Å²) in [6.07, 6.45) is 3.89. The lowest BCUT2D eigenvalue weighted by molar-refractivity contribution is 0.628. The molecule has 0 atom stereocenters. The summed E-state index contributed by atoms with van der Waals surface area (Å²) in [5.74, 6) is 1.78. The number of rotatable bonds is 4. The summed E-state index contributed by atoms with van der Waals surface area (Å²) in [6.45, 7) is 0. The molecule has 0 saturated heterocycles. The fraction of sp³-hybridized carbons (Fsp3) is 0. The molecule has 0 radical (unpaired) electrons. The lowest BCUT2D eigenvalue weighted by Crippen LogP contribution is -2.34. The smallest absolute Gasteiger partial charge is 0.167 e. The Morgan fingerprint density at radius 1 is 0.292 bits per heavy atom. The van der Waals surface area contributed by atoms with Crippen LogP contribution in [-0.2, 0) is 0 Å². The van der Waals surface area contributed by atoms with Crippen molar-refractivity contribution in [2.75, 3.05) is 19.6 Å². The first kappa shape index (κ1) is 40.5. The number of hydrogen-bond acceptors (Lipinski definition) is 10. The molecule has 6 aromatic heterocycles. The number of thiophene rings is 4. The van der Waals surface area contributed by atoms with E-state index in [1.165, 1.54) is 21.5 Å². The molecule has 6 nitrogen and oxygen atoms in total. The van der Waals surface area contributed by atoms with Gasteiger partial charge in [0.25, 0.3) is 0 Å². The van der Waals surface area contributed by atoms with Crippen molar-refractivity contribution >= 4 is 172 Å². The van der Waals surface area contributed by atoms with Gasteiger partial charge in [-0.1, -0.05) is 72.8 Å². The van der Waals surface area contributed by atoms with Crippen LogP contribution in [-0.4, -0.2) is 9.97 Å². The highest BCUT2D eigenvalue weighted by molar-refractivity contribution is 7.27. The van der Waals surface area contributed by atoms with E-state index in [0.717, 1.165) is 94.0 Å². The fourth-order valence-electron chi connectivity index (χ4n) is 11.0. The first-order valence-corrected chi connectivity index (χ1v) is 26.7. The van der Waals surface area contributed by atoms with Gasteiger partial charge >= 0.3 is 0 Å². The van der Waals surface area contributed by atoms with E-state index in [9.17, 15) is 0 Å². The van der Waals surface area contributed by atoms with Crippen LogP contribution in [0.25, 0.3) is 80.7 Å². The molecule has 2 aliphatic rings. The maximum absolute atomic E-state index is 16.3. The third kappa shape index (κ3) is 5.83. The summed E-state index contributed by atoms with van der Waals surface area (Å²) in [6, 6.07) is 61.2. The number of aromatic nitrogens is 2. The maximum Gasteiger partial charge on any atom is 0.167 e. The van der Waals surface area contributed by atoms with E-state index in [4.69, 9.17) is 9.97 Å². The molecule has 0 spiro atoms. The maximum atomic E-state index is 16.3. The van der Waals surface area contributed by atoms with Crippen molar-refractivity contribution in [2.24, 2.45) is 0 Å². The normalized spacial score (nSPS) is 14.8. The molecule has 12 heteroatoms. The molecule has 340 valence electrons. The molecule has 0 aliphatic carbocycles. The van der Waals surface area contributed by atoms with E-state index in [1.54, 1.807) is 57.5 Å². The summed E-state index contributed by atoms with van der Waals surface area (Å²) in [5.41, 5.74) is 4.39. The fourth-order valence-corrected chi connectivity index (χ4v) is 15.2. The molecular formula is C60H32F2N6S4. The largest absolute Gasteiger partial charge is 0.291 e. The van der Waals surface area contributed by atoms with Crippen LogP contribution in [0.2, 0.25) is 0 Å². The van der Waals surface area contributed by atoms with Crippen LogP contribution in [0.4, 0.5) is 54.5 Å². The Kier molecular flexibility index (Phi) is 8.50. The topological polar surface area (TPSA) is 38.7 Å². The monoisotopic (exact) mass is 1000 g/mol. The van der Waals surface area contributed by atoms with Crippen molar-refractivity contribution in [3.8, 4) is 0 Å². The van der Waals surface area contributed by atoms with Gasteiger partial charge in [0.1, 0.15) is 23.3 Å². The standard InChI is InChI=1S/C60H32F2N6S4/c61-33-18-22-46-47(25-33)66(36-20-24-54-42(28-36)38-10-2-6-14-50(38)70-54)60(67(46)57-29-43-39-11-3-7-15-51(39)71-55(43)31-63-57)59-65(35-19-23-53-41(27-35)37-9-1-5-13-49(37)69-53)45-21-17-34(62)26-48(45)68(59)58-30-44-40-12-4-8-16-52(40)72-56(44)32-64-58/h1-32H/b60-59-. The second-order valence-electron chi connectivity index (χ2n) is 18.1. The molecule has 72 heavy (non-hydrogen) atoms. The van der Waals surface area contributed by atoms with Crippen LogP contribution in [0.1, 0.15) is 0 Å². The minimum atomic E-state index is -0.386. The molecule has 16 rings (SSSR count). The number of pyridine rings is 2. The molecule has 2 aliphatic heterocycles. The van der Waals surface area contributed by atoms with E-state index in [-0.39, 0.29) is 11.6 Å². The Labute approximate surface area is 425 Å². The van der Waals surface area contributed by atoms with Crippen molar-refractivity contribution in [1.82, 2.24) is 9.97 Å². The van der Waals surface area contributed by atoms with Gasteiger partial charge in [0.05, 0.1) is 32.1 Å². The Bertz CT molecular complexity index is 4390. The Balaban J connectivity index is 1.07. The predicted octanol–water partition coefficient (Wildman–Crippen LogP) is 18.6. The summed E-state index contributed by atoms with van der Waals surface area (Å²) in [4.78, 5) is 19.2. The van der Waals surface area contributed by atoms with Gasteiger partial charge in [0.2, 0.25) is 0 Å². The number of anilines is 8. The highest BCUT2D eigenvalue weighted by Gasteiger charge is 2.46. The first-order chi connectivity index (χ1) is 35.5. The zero-order chi connectivity index (χ0) is 47.3. The summed E-state index contributed by atoms with van der Waals surface area (Å²) < 4.78 is 41.7. The van der Waals surface area contributed by atoms with Gasteiger partial charge < -0.3 is 0 Å². The van der Waals surface area contributed by atoms with E-state index in [0.29, 0.717) is 34.7 Å². The minimum Gasteiger partial charge on any atom is -0.291 e. The van der Waals surface area contributed by atoms with Crippen LogP contribution in [0.5, 0.6) is 0 Å². The van der Waals surface area contributed by atoms with Crippen molar-refractivity contribution < 1.29 is 8.78 Å². The van der Waals surface area contributed by atoms with Crippen molar-refractivity contribution in [3.05, 3.63) is 218 Å². The molecular weight excluding hydrogens is 971 g/mol. The van der Waals surface area contributed by atoms with Gasteiger partial charge in [-0.25, -0.2) is 18.7 Å². The van der Waals surface area contributed by atoms with Crippen LogP contribution in [0.15, 0.2) is 206 Å². The van der Waals surface area contributed by atoms with Gasteiger partial charge in [-0.05, 0) is 97.1 Å². The Morgan fingerprint density at radius 3 is 1.10 bits per heavy atom. The molecule has 0 N–H and O–H groups in total. The number of fused-ring (bicyclic) bond motifs is 14. The van der Waals surface area contributed by atoms with Gasteiger partial charge in [0.15, 0.2) is 11.6 Å². The predicted molar refractivity (Wildman–Crippen MR) is 301 cm³/mol. The van der Waals surface area contributed by atoms with E-state index < -0.39 is 0 Å². The van der Waals surface area contributed by atoms with Crippen LogP contribution in [0.3, 0.4) is 0 Å². The highest BCUT2D eigenvalue weighted by atomic mass is 32.1. The number of nitrogens with zero attached hydrogens (tertiary/aromatic N) is 6. The molecule has 14 aromatic rings. The molecule has 0 unspecified atom stereocenters. The molecule has 8 aromatic carbocycles. The zero-order valence-corrected chi connectivity index (χ0v) is 40.8. The lowest BCUT2D eigenvalue weighted by Gasteiger charge is -2.33. The highest BCUT2D eigenvalue weighted by Crippen LogP contribution is 2.58. The molecule has 0 amide bonds. The minimum absolute atomic E-state index is 0.379. The van der Waals surface area contributed by atoms with Crippen LogP contribution >= 0.6 is 45.3 Å². The molecule has 8 heterocycles. The third-order valence-corrected chi connectivity index (χ3v) is 18.6. The van der Waals surface area contributed by atoms with Crippen LogP contribution in [0, 0.1) is 11.6 Å². The van der Waals surface area contributed by atoms with Crippen molar-refractivity contribution in [2.45, 2.75) is 0 Å². The first-order valence-electron chi connectivity index (χ1n) is 23.4. The van der Waals surface area contributed by atoms with Crippen molar-refractivity contribution in [1.29, 1.82) is 0 Å². The Morgan fingerprint density at radius 2 is 0.639 bits per heavy atom. The summed E-state index contributed by atoms with van der Waals surface area (Å²) in [7, 11) is 0. The van der Waals surface area contributed by atoms with Crippen LogP contribution < -0.4 is 19.6 Å².